The molecule has 0 saturated heterocycles. The van der Waals surface area contributed by atoms with Gasteiger partial charge in [-0.2, -0.15) is 22.0 Å². The van der Waals surface area contributed by atoms with Crippen molar-refractivity contribution in [2.75, 3.05) is 11.9 Å². The van der Waals surface area contributed by atoms with Crippen LogP contribution in [-0.4, -0.2) is 12.5 Å². The first-order valence-electron chi connectivity index (χ1n) is 6.63. The Hall–Kier alpha value is -2.49. The smallest absolute Gasteiger partial charge is 0.416 e. The van der Waals surface area contributed by atoms with Gasteiger partial charge in [-0.15, -0.1) is 0 Å². The lowest BCUT2D eigenvalue weighted by Gasteiger charge is -2.12. The number of benzene rings is 2. The molecule has 0 unspecified atom stereocenters. The molecule has 0 fully saturated rings. The second-order valence-electron chi connectivity index (χ2n) is 4.83. The number of anilines is 1. The highest BCUT2D eigenvalue weighted by Gasteiger charge is 2.31. The Morgan fingerprint density at radius 3 is 2.15 bits per heavy atom. The van der Waals surface area contributed by atoms with Gasteiger partial charge in [0.2, 0.25) is 11.6 Å². The van der Waals surface area contributed by atoms with Gasteiger partial charge in [0.15, 0.2) is 24.0 Å². The van der Waals surface area contributed by atoms with Gasteiger partial charge in [0, 0.05) is 6.07 Å². The summed E-state index contributed by atoms with van der Waals surface area (Å²) >= 11 is 5.66. The number of nitrogens with one attached hydrogen (secondary N) is 1. The van der Waals surface area contributed by atoms with E-state index in [0.29, 0.717) is 12.1 Å². The van der Waals surface area contributed by atoms with Crippen molar-refractivity contribution in [3.8, 4) is 5.75 Å². The molecule has 0 aliphatic rings. The molecule has 2 aromatic rings. The summed E-state index contributed by atoms with van der Waals surface area (Å²) in [4.78, 5) is 11.7. The fraction of sp³-hybridized carbons (Fsp3) is 0.133. The van der Waals surface area contributed by atoms with Crippen LogP contribution in [0.25, 0.3) is 0 Å². The minimum atomic E-state index is -4.70. The van der Waals surface area contributed by atoms with E-state index in [-0.39, 0.29) is 11.1 Å². The van der Waals surface area contributed by atoms with Crippen LogP contribution in [0.2, 0.25) is 5.02 Å². The summed E-state index contributed by atoms with van der Waals surface area (Å²) in [7, 11) is 0. The van der Waals surface area contributed by atoms with Crippen LogP contribution in [-0.2, 0) is 11.0 Å². The fourth-order valence-corrected chi connectivity index (χ4v) is 1.96. The quantitative estimate of drug-likeness (QED) is 0.582. The van der Waals surface area contributed by atoms with E-state index in [1.807, 2.05) is 5.32 Å². The summed E-state index contributed by atoms with van der Waals surface area (Å²) in [6.45, 7) is -1.15. The minimum absolute atomic E-state index is 0.0555. The molecule has 0 heterocycles. The molecule has 2 aromatic carbocycles. The van der Waals surface area contributed by atoms with Crippen molar-refractivity contribution in [2.45, 2.75) is 6.18 Å². The summed E-state index contributed by atoms with van der Waals surface area (Å²) in [6.07, 6.45) is -4.70. The zero-order valence-electron chi connectivity index (χ0n) is 12.4. The summed E-state index contributed by atoms with van der Waals surface area (Å²) in [5.74, 6) is -9.88. The number of amides is 1. The number of halogens is 8. The predicted octanol–water partition coefficient (Wildman–Crippen LogP) is 4.93. The van der Waals surface area contributed by atoms with E-state index in [1.165, 1.54) is 0 Å². The molecule has 140 valence electrons. The molecular formula is C15H7ClF7NO2. The zero-order valence-corrected chi connectivity index (χ0v) is 13.1. The molecule has 0 aromatic heterocycles. The Balaban J connectivity index is 2.14. The molecule has 0 aliphatic carbocycles. The normalized spacial score (nSPS) is 11.4. The zero-order chi connectivity index (χ0) is 19.6. The van der Waals surface area contributed by atoms with E-state index in [9.17, 15) is 35.5 Å². The molecule has 0 saturated carbocycles. The highest BCUT2D eigenvalue weighted by Crippen LogP contribution is 2.34. The van der Waals surface area contributed by atoms with Crippen molar-refractivity contribution in [3.63, 3.8) is 0 Å². The van der Waals surface area contributed by atoms with E-state index in [2.05, 4.69) is 4.74 Å². The van der Waals surface area contributed by atoms with E-state index in [1.54, 1.807) is 0 Å². The fourth-order valence-electron chi connectivity index (χ4n) is 1.80. The Morgan fingerprint density at radius 2 is 1.62 bits per heavy atom. The van der Waals surface area contributed by atoms with Crippen LogP contribution in [0, 0.1) is 23.3 Å². The molecule has 1 amide bonds. The largest absolute Gasteiger partial charge is 0.477 e. The first-order valence-corrected chi connectivity index (χ1v) is 7.01. The second-order valence-corrected chi connectivity index (χ2v) is 5.23. The van der Waals surface area contributed by atoms with Gasteiger partial charge in [0.1, 0.15) is 0 Å². The summed E-state index contributed by atoms with van der Waals surface area (Å²) in [6, 6.07) is 2.03. The number of hydrogen-bond acceptors (Lipinski definition) is 2. The first kappa shape index (κ1) is 19.8. The molecule has 1 N–H and O–H groups in total. The number of carbonyl (C=O) groups excluding carboxylic acids is 1. The molecule has 0 aliphatic heterocycles. The van der Waals surface area contributed by atoms with Crippen molar-refractivity contribution >= 4 is 23.2 Å². The molecule has 0 atom stereocenters. The highest BCUT2D eigenvalue weighted by atomic mass is 35.5. The van der Waals surface area contributed by atoms with Gasteiger partial charge in [-0.25, -0.2) is 8.78 Å². The lowest BCUT2D eigenvalue weighted by Crippen LogP contribution is -2.21. The van der Waals surface area contributed by atoms with E-state index >= 15 is 0 Å². The van der Waals surface area contributed by atoms with Gasteiger partial charge >= 0.3 is 6.18 Å². The van der Waals surface area contributed by atoms with Crippen molar-refractivity contribution < 1.29 is 40.3 Å². The van der Waals surface area contributed by atoms with Crippen molar-refractivity contribution in [3.05, 3.63) is 58.1 Å². The van der Waals surface area contributed by atoms with E-state index < -0.39 is 59.0 Å². The number of ether oxygens (including phenoxy) is 1. The Morgan fingerprint density at radius 1 is 1.04 bits per heavy atom. The van der Waals surface area contributed by atoms with Crippen molar-refractivity contribution in [1.82, 2.24) is 0 Å². The SMILES string of the molecule is O=C(COc1c(F)c(F)cc(F)c1F)Nc1cc(C(F)(F)F)ccc1Cl. The van der Waals surface area contributed by atoms with Gasteiger partial charge in [-0.05, 0) is 18.2 Å². The van der Waals surface area contributed by atoms with Gasteiger partial charge < -0.3 is 10.1 Å². The lowest BCUT2D eigenvalue weighted by molar-refractivity contribution is -0.137. The summed E-state index contributed by atoms with van der Waals surface area (Å²) < 4.78 is 95.1. The average molecular weight is 402 g/mol. The maximum Gasteiger partial charge on any atom is 0.416 e. The van der Waals surface area contributed by atoms with Crippen LogP contribution in [0.1, 0.15) is 5.56 Å². The molecule has 0 radical (unpaired) electrons. The van der Waals surface area contributed by atoms with Crippen LogP contribution in [0.15, 0.2) is 24.3 Å². The Kier molecular flexibility index (Phi) is 5.65. The second kappa shape index (κ2) is 7.40. The third-order valence-electron chi connectivity index (χ3n) is 2.99. The van der Waals surface area contributed by atoms with Gasteiger partial charge in [-0.3, -0.25) is 4.79 Å². The summed E-state index contributed by atoms with van der Waals surface area (Å²) in [5.41, 5.74) is -1.55. The molecule has 0 bridgehead atoms. The van der Waals surface area contributed by atoms with Gasteiger partial charge in [0.25, 0.3) is 5.91 Å². The number of rotatable bonds is 4. The van der Waals surface area contributed by atoms with Gasteiger partial charge in [-0.1, -0.05) is 11.6 Å². The maximum atomic E-state index is 13.4. The molecule has 3 nitrogen and oxygen atoms in total. The van der Waals surface area contributed by atoms with Crippen molar-refractivity contribution in [1.29, 1.82) is 0 Å². The van der Waals surface area contributed by atoms with Crippen molar-refractivity contribution in [2.24, 2.45) is 0 Å². The third-order valence-corrected chi connectivity index (χ3v) is 3.32. The molecule has 0 spiro atoms. The Labute approximate surface area is 146 Å². The monoisotopic (exact) mass is 401 g/mol. The number of alkyl halides is 3. The topological polar surface area (TPSA) is 38.3 Å². The average Bonchev–Trinajstić information content (AvgIpc) is 2.54. The highest BCUT2D eigenvalue weighted by molar-refractivity contribution is 6.33. The standard InChI is InChI=1S/C15H7ClF7NO2/c16-7-2-1-6(15(21,22)23)3-10(7)24-11(25)5-26-14-12(19)8(17)4-9(18)13(14)20/h1-4H,5H2,(H,24,25). The summed E-state index contributed by atoms with van der Waals surface area (Å²) in [5, 5.41) is 1.68. The van der Waals surface area contributed by atoms with Crippen LogP contribution in [0.4, 0.5) is 36.4 Å². The minimum Gasteiger partial charge on any atom is -0.477 e. The molecule has 26 heavy (non-hydrogen) atoms. The Bertz CT molecular complexity index is 829. The predicted molar refractivity (Wildman–Crippen MR) is 76.9 cm³/mol. The first-order chi connectivity index (χ1) is 12.0. The van der Waals surface area contributed by atoms with Crippen LogP contribution >= 0.6 is 11.6 Å². The van der Waals surface area contributed by atoms with Gasteiger partial charge in [0.05, 0.1) is 16.3 Å². The molecular weight excluding hydrogens is 395 g/mol. The van der Waals surface area contributed by atoms with E-state index in [4.69, 9.17) is 11.6 Å². The van der Waals surface area contributed by atoms with Crippen LogP contribution in [0.5, 0.6) is 5.75 Å². The molecule has 11 heteroatoms. The van der Waals surface area contributed by atoms with E-state index in [0.717, 1.165) is 6.07 Å². The number of carbonyl (C=O) groups is 1. The van der Waals surface area contributed by atoms with Crippen LogP contribution < -0.4 is 10.1 Å². The number of hydrogen-bond donors (Lipinski definition) is 1. The molecule has 2 rings (SSSR count). The maximum absolute atomic E-state index is 13.4. The lowest BCUT2D eigenvalue weighted by atomic mass is 10.2. The third kappa shape index (κ3) is 4.37. The van der Waals surface area contributed by atoms with Crippen LogP contribution in [0.3, 0.4) is 0 Å².